The van der Waals surface area contributed by atoms with Crippen LogP contribution in [0.3, 0.4) is 0 Å². The van der Waals surface area contributed by atoms with Gasteiger partial charge in [0.25, 0.3) is 0 Å². The molecule has 4 heteroatoms. The van der Waals surface area contributed by atoms with E-state index in [4.69, 9.17) is 14.2 Å². The van der Waals surface area contributed by atoms with E-state index in [0.717, 1.165) is 17.2 Å². The normalized spacial score (nSPS) is 15.6. The summed E-state index contributed by atoms with van der Waals surface area (Å²) in [5, 5.41) is 0. The van der Waals surface area contributed by atoms with Crippen molar-refractivity contribution in [1.82, 2.24) is 0 Å². The molecule has 0 N–H and O–H groups in total. The molecular formula is C19H28O4. The molecule has 2 rings (SSSR count). The standard InChI is InChI=1S/C19H28O4/c1-12(2)16-7-6-8-17(14(5)15-9-10-15)18(16)21-11-22-19(20)23-13(3)4/h6-8,12-15H,9-11H2,1-5H3/t14-/m1/s1. The molecule has 1 atom stereocenters. The lowest BCUT2D eigenvalue weighted by Crippen LogP contribution is -2.17. The van der Waals surface area contributed by atoms with Crippen molar-refractivity contribution in [3.05, 3.63) is 29.3 Å². The lowest BCUT2D eigenvalue weighted by Gasteiger charge is -2.21. The van der Waals surface area contributed by atoms with E-state index in [1.165, 1.54) is 18.4 Å². The summed E-state index contributed by atoms with van der Waals surface area (Å²) in [4.78, 5) is 11.5. The van der Waals surface area contributed by atoms with Crippen LogP contribution in [0.2, 0.25) is 0 Å². The van der Waals surface area contributed by atoms with E-state index >= 15 is 0 Å². The highest BCUT2D eigenvalue weighted by molar-refractivity contribution is 5.60. The molecule has 0 spiro atoms. The summed E-state index contributed by atoms with van der Waals surface area (Å²) >= 11 is 0. The van der Waals surface area contributed by atoms with E-state index in [1.807, 2.05) is 0 Å². The van der Waals surface area contributed by atoms with Crippen LogP contribution < -0.4 is 4.74 Å². The molecule has 0 aliphatic heterocycles. The van der Waals surface area contributed by atoms with Crippen LogP contribution in [0.5, 0.6) is 5.75 Å². The Bertz CT molecular complexity index is 532. The molecule has 4 nitrogen and oxygen atoms in total. The smallest absolute Gasteiger partial charge is 0.457 e. The molecule has 0 heterocycles. The van der Waals surface area contributed by atoms with Crippen molar-refractivity contribution >= 4 is 6.16 Å². The van der Waals surface area contributed by atoms with Crippen molar-refractivity contribution in [3.63, 3.8) is 0 Å². The Kier molecular flexibility index (Phi) is 5.91. The lowest BCUT2D eigenvalue weighted by atomic mass is 9.90. The summed E-state index contributed by atoms with van der Waals surface area (Å²) in [5.74, 6) is 2.41. The third-order valence-corrected chi connectivity index (χ3v) is 4.23. The average Bonchev–Trinajstić information content (AvgIpc) is 3.30. The van der Waals surface area contributed by atoms with Gasteiger partial charge < -0.3 is 14.2 Å². The van der Waals surface area contributed by atoms with E-state index in [-0.39, 0.29) is 12.9 Å². The van der Waals surface area contributed by atoms with Crippen molar-refractivity contribution in [3.8, 4) is 5.75 Å². The van der Waals surface area contributed by atoms with Gasteiger partial charge in [-0.15, -0.1) is 0 Å². The first-order valence-corrected chi connectivity index (χ1v) is 8.49. The van der Waals surface area contributed by atoms with Gasteiger partial charge in [0.2, 0.25) is 6.79 Å². The van der Waals surface area contributed by atoms with Gasteiger partial charge >= 0.3 is 6.16 Å². The zero-order chi connectivity index (χ0) is 17.0. The summed E-state index contributed by atoms with van der Waals surface area (Å²) in [6, 6.07) is 6.29. The first kappa shape index (κ1) is 17.6. The van der Waals surface area contributed by atoms with Gasteiger partial charge in [-0.1, -0.05) is 39.0 Å². The predicted octanol–water partition coefficient (Wildman–Crippen LogP) is 5.22. The quantitative estimate of drug-likeness (QED) is 0.510. The summed E-state index contributed by atoms with van der Waals surface area (Å²) in [7, 11) is 0. The Balaban J connectivity index is 2.09. The maximum absolute atomic E-state index is 11.5. The van der Waals surface area contributed by atoms with Gasteiger partial charge in [0, 0.05) is 0 Å². The Morgan fingerprint density at radius 2 is 1.78 bits per heavy atom. The molecule has 23 heavy (non-hydrogen) atoms. The van der Waals surface area contributed by atoms with Crippen molar-refractivity contribution < 1.29 is 19.0 Å². The second-order valence-corrected chi connectivity index (χ2v) is 6.87. The summed E-state index contributed by atoms with van der Waals surface area (Å²) in [5.41, 5.74) is 2.36. The predicted molar refractivity (Wildman–Crippen MR) is 89.9 cm³/mol. The van der Waals surface area contributed by atoms with E-state index < -0.39 is 6.16 Å². The third kappa shape index (κ3) is 4.88. The molecule has 0 saturated heterocycles. The first-order chi connectivity index (χ1) is 10.9. The van der Waals surface area contributed by atoms with E-state index in [2.05, 4.69) is 39.0 Å². The molecule has 1 aliphatic rings. The number of hydrogen-bond donors (Lipinski definition) is 0. The van der Waals surface area contributed by atoms with Gasteiger partial charge in [-0.3, -0.25) is 0 Å². The Hall–Kier alpha value is -1.71. The SMILES string of the molecule is CC(C)OC(=O)OCOc1c(C(C)C)cccc1[C@H](C)C1CC1. The molecule has 1 saturated carbocycles. The van der Waals surface area contributed by atoms with E-state index in [0.29, 0.717) is 11.8 Å². The molecule has 1 aliphatic carbocycles. The number of para-hydroxylation sites is 1. The van der Waals surface area contributed by atoms with E-state index in [9.17, 15) is 4.79 Å². The Morgan fingerprint density at radius 1 is 1.13 bits per heavy atom. The van der Waals surface area contributed by atoms with Crippen molar-refractivity contribution in [2.24, 2.45) is 5.92 Å². The topological polar surface area (TPSA) is 44.8 Å². The molecule has 1 fully saturated rings. The molecule has 0 bridgehead atoms. The van der Waals surface area contributed by atoms with E-state index in [1.54, 1.807) is 13.8 Å². The first-order valence-electron chi connectivity index (χ1n) is 8.49. The second kappa shape index (κ2) is 7.71. The van der Waals surface area contributed by atoms with Crippen LogP contribution in [0.4, 0.5) is 4.79 Å². The highest BCUT2D eigenvalue weighted by Gasteiger charge is 2.31. The van der Waals surface area contributed by atoms with Gasteiger partial charge in [0.05, 0.1) is 6.10 Å². The highest BCUT2D eigenvalue weighted by Crippen LogP contribution is 2.46. The monoisotopic (exact) mass is 320 g/mol. The van der Waals surface area contributed by atoms with Crippen molar-refractivity contribution in [2.45, 2.75) is 65.4 Å². The fraction of sp³-hybridized carbons (Fsp3) is 0.632. The van der Waals surface area contributed by atoms with Crippen LogP contribution >= 0.6 is 0 Å². The van der Waals surface area contributed by atoms with Crippen LogP contribution in [0.25, 0.3) is 0 Å². The average molecular weight is 320 g/mol. The van der Waals surface area contributed by atoms with Crippen molar-refractivity contribution in [1.29, 1.82) is 0 Å². The summed E-state index contributed by atoms with van der Waals surface area (Å²) < 4.78 is 15.8. The molecule has 0 aromatic heterocycles. The largest absolute Gasteiger partial charge is 0.511 e. The number of hydrogen-bond acceptors (Lipinski definition) is 4. The van der Waals surface area contributed by atoms with Gasteiger partial charge in [0.15, 0.2) is 0 Å². The third-order valence-electron chi connectivity index (χ3n) is 4.23. The van der Waals surface area contributed by atoms with Gasteiger partial charge in [-0.05, 0) is 55.6 Å². The van der Waals surface area contributed by atoms with Gasteiger partial charge in [-0.25, -0.2) is 4.79 Å². The zero-order valence-corrected chi connectivity index (χ0v) is 14.8. The minimum absolute atomic E-state index is 0.125. The molecular weight excluding hydrogens is 292 g/mol. The Morgan fingerprint density at radius 3 is 2.35 bits per heavy atom. The second-order valence-electron chi connectivity index (χ2n) is 6.87. The van der Waals surface area contributed by atoms with Crippen LogP contribution in [0.1, 0.15) is 70.4 Å². The number of carbonyl (C=O) groups is 1. The van der Waals surface area contributed by atoms with Crippen LogP contribution in [-0.2, 0) is 9.47 Å². The molecule has 0 amide bonds. The number of benzene rings is 1. The maximum atomic E-state index is 11.5. The summed E-state index contributed by atoms with van der Waals surface area (Å²) in [6.45, 7) is 9.97. The maximum Gasteiger partial charge on any atom is 0.511 e. The number of ether oxygens (including phenoxy) is 3. The van der Waals surface area contributed by atoms with Crippen molar-refractivity contribution in [2.75, 3.05) is 6.79 Å². The van der Waals surface area contributed by atoms with Crippen LogP contribution in [-0.4, -0.2) is 19.1 Å². The summed E-state index contributed by atoms with van der Waals surface area (Å²) in [6.07, 6.45) is 1.67. The number of carbonyl (C=O) groups excluding carboxylic acids is 1. The van der Waals surface area contributed by atoms with Crippen LogP contribution in [0, 0.1) is 5.92 Å². The van der Waals surface area contributed by atoms with Gasteiger partial charge in [-0.2, -0.15) is 0 Å². The number of rotatable bonds is 7. The Labute approximate surface area is 139 Å². The minimum Gasteiger partial charge on any atom is -0.457 e. The molecule has 0 radical (unpaired) electrons. The highest BCUT2D eigenvalue weighted by atomic mass is 16.8. The fourth-order valence-corrected chi connectivity index (χ4v) is 2.77. The lowest BCUT2D eigenvalue weighted by molar-refractivity contribution is -0.00884. The minimum atomic E-state index is -0.696. The molecule has 1 aromatic rings. The molecule has 1 aromatic carbocycles. The molecule has 0 unspecified atom stereocenters. The van der Waals surface area contributed by atoms with Gasteiger partial charge in [0.1, 0.15) is 5.75 Å². The fourth-order valence-electron chi connectivity index (χ4n) is 2.77. The molecule has 128 valence electrons. The zero-order valence-electron chi connectivity index (χ0n) is 14.8. The van der Waals surface area contributed by atoms with Crippen LogP contribution in [0.15, 0.2) is 18.2 Å².